The van der Waals surface area contributed by atoms with Crippen LogP contribution in [0.5, 0.6) is 0 Å². The third-order valence-corrected chi connectivity index (χ3v) is 6.26. The fourth-order valence-electron chi connectivity index (χ4n) is 3.65. The van der Waals surface area contributed by atoms with Crippen LogP contribution in [0, 0.1) is 0 Å². The van der Waals surface area contributed by atoms with Gasteiger partial charge in [-0.3, -0.25) is 9.59 Å². The summed E-state index contributed by atoms with van der Waals surface area (Å²) in [5, 5.41) is 15.4. The molecule has 2 aromatic heterocycles. The summed E-state index contributed by atoms with van der Waals surface area (Å²) < 4.78 is 7.08. The molecule has 1 N–H and O–H groups in total. The van der Waals surface area contributed by atoms with Gasteiger partial charge in [0.15, 0.2) is 0 Å². The number of thioether (sulfide) groups is 1. The van der Waals surface area contributed by atoms with Crippen molar-refractivity contribution in [2.24, 2.45) is 0 Å². The van der Waals surface area contributed by atoms with E-state index < -0.39 is 0 Å². The first kappa shape index (κ1) is 21.1. The molecule has 3 aromatic rings. The summed E-state index contributed by atoms with van der Waals surface area (Å²) in [5.74, 6) is 0.416. The first-order valence-electron chi connectivity index (χ1n) is 10.2. The Labute approximate surface area is 184 Å². The molecule has 1 aliphatic rings. The second-order valence-electron chi connectivity index (χ2n) is 7.36. The molecule has 1 fully saturated rings. The van der Waals surface area contributed by atoms with Crippen molar-refractivity contribution in [3.8, 4) is 0 Å². The average Bonchev–Trinajstić information content (AvgIpc) is 3.57. The van der Waals surface area contributed by atoms with Gasteiger partial charge in [0, 0.05) is 7.05 Å². The molecule has 0 aliphatic heterocycles. The van der Waals surface area contributed by atoms with Crippen LogP contribution in [0.2, 0.25) is 0 Å². The Hall–Kier alpha value is -3.14. The van der Waals surface area contributed by atoms with Crippen molar-refractivity contribution in [1.82, 2.24) is 25.5 Å². The van der Waals surface area contributed by atoms with Crippen LogP contribution in [0.4, 0.5) is 5.69 Å². The molecule has 31 heavy (non-hydrogen) atoms. The van der Waals surface area contributed by atoms with Gasteiger partial charge in [-0.2, -0.15) is 0 Å². The van der Waals surface area contributed by atoms with Gasteiger partial charge >= 0.3 is 0 Å². The number of aromatic nitrogens is 4. The summed E-state index contributed by atoms with van der Waals surface area (Å²) in [4.78, 5) is 27.1. The number of benzene rings is 1. The summed E-state index contributed by atoms with van der Waals surface area (Å²) in [6.07, 6.45) is 6.03. The predicted octanol–water partition coefficient (Wildman–Crippen LogP) is 3.07. The van der Waals surface area contributed by atoms with E-state index in [1.165, 1.54) is 29.5 Å². The van der Waals surface area contributed by atoms with Crippen LogP contribution < -0.4 is 10.2 Å². The Balaban J connectivity index is 1.40. The molecule has 9 nitrogen and oxygen atoms in total. The molecule has 0 unspecified atom stereocenters. The standard InChI is InChI=1S/C21H24N6O3S/c1-26(19(28)14-31-21-23-24-25-27(21)15-7-2-3-8-15)18-11-5-4-10-17(18)20(29)22-13-16-9-6-12-30-16/h4-6,9-12,15H,2-3,7-8,13-14H2,1H3,(H,22,29). The smallest absolute Gasteiger partial charge is 0.253 e. The predicted molar refractivity (Wildman–Crippen MR) is 116 cm³/mol. The third kappa shape index (κ3) is 4.96. The fourth-order valence-corrected chi connectivity index (χ4v) is 4.51. The zero-order valence-corrected chi connectivity index (χ0v) is 18.0. The van der Waals surface area contributed by atoms with Crippen LogP contribution in [0.25, 0.3) is 0 Å². The molecule has 1 saturated carbocycles. The number of hydrogen-bond acceptors (Lipinski definition) is 7. The topological polar surface area (TPSA) is 106 Å². The van der Waals surface area contributed by atoms with Gasteiger partial charge in [0.2, 0.25) is 11.1 Å². The SMILES string of the molecule is CN(C(=O)CSc1nnnn1C1CCCC1)c1ccccc1C(=O)NCc1ccco1. The first-order chi connectivity index (χ1) is 15.1. The number of amides is 2. The summed E-state index contributed by atoms with van der Waals surface area (Å²) >= 11 is 1.32. The maximum absolute atomic E-state index is 12.9. The molecule has 0 spiro atoms. The molecule has 0 saturated heterocycles. The van der Waals surface area contributed by atoms with Crippen LogP contribution in [-0.4, -0.2) is 44.8 Å². The number of nitrogens with one attached hydrogen (secondary N) is 1. The number of carbonyl (C=O) groups is 2. The van der Waals surface area contributed by atoms with E-state index in [1.807, 2.05) is 4.68 Å². The van der Waals surface area contributed by atoms with Gasteiger partial charge in [0.25, 0.3) is 5.91 Å². The lowest BCUT2D eigenvalue weighted by molar-refractivity contribution is -0.115. The number of hydrogen-bond donors (Lipinski definition) is 1. The maximum Gasteiger partial charge on any atom is 0.253 e. The summed E-state index contributed by atoms with van der Waals surface area (Å²) in [6, 6.07) is 10.9. The molecular formula is C21H24N6O3S. The third-order valence-electron chi connectivity index (χ3n) is 5.35. The van der Waals surface area contributed by atoms with E-state index in [0.29, 0.717) is 28.2 Å². The molecule has 0 atom stereocenters. The highest BCUT2D eigenvalue weighted by atomic mass is 32.2. The molecule has 4 rings (SSSR count). The van der Waals surface area contributed by atoms with Crippen molar-refractivity contribution in [3.63, 3.8) is 0 Å². The van der Waals surface area contributed by atoms with Crippen LogP contribution >= 0.6 is 11.8 Å². The number of para-hydroxylation sites is 1. The lowest BCUT2D eigenvalue weighted by atomic mass is 10.1. The highest BCUT2D eigenvalue weighted by molar-refractivity contribution is 7.99. The van der Waals surface area contributed by atoms with E-state index in [2.05, 4.69) is 20.8 Å². The van der Waals surface area contributed by atoms with Gasteiger partial charge in [-0.15, -0.1) is 5.10 Å². The molecular weight excluding hydrogens is 416 g/mol. The van der Waals surface area contributed by atoms with Gasteiger partial charge in [0.05, 0.1) is 35.9 Å². The molecule has 2 heterocycles. The Morgan fingerprint density at radius 1 is 1.23 bits per heavy atom. The maximum atomic E-state index is 12.9. The Morgan fingerprint density at radius 3 is 2.81 bits per heavy atom. The van der Waals surface area contributed by atoms with Gasteiger partial charge in [0.1, 0.15) is 5.76 Å². The second kappa shape index (κ2) is 9.78. The molecule has 0 bridgehead atoms. The number of tetrazole rings is 1. The van der Waals surface area contributed by atoms with Crippen molar-refractivity contribution in [2.75, 3.05) is 17.7 Å². The molecule has 0 radical (unpaired) electrons. The van der Waals surface area contributed by atoms with Crippen LogP contribution in [0.3, 0.4) is 0 Å². The number of carbonyl (C=O) groups excluding carboxylic acids is 2. The normalized spacial score (nSPS) is 14.0. The molecule has 2 amide bonds. The fraction of sp³-hybridized carbons (Fsp3) is 0.381. The summed E-state index contributed by atoms with van der Waals surface area (Å²) in [6.45, 7) is 0.275. The van der Waals surface area contributed by atoms with Gasteiger partial charge in [-0.05, 0) is 47.5 Å². The van der Waals surface area contributed by atoms with Crippen molar-refractivity contribution in [2.45, 2.75) is 43.4 Å². The van der Waals surface area contributed by atoms with E-state index in [-0.39, 0.29) is 24.1 Å². The quantitative estimate of drug-likeness (QED) is 0.537. The highest BCUT2D eigenvalue weighted by Gasteiger charge is 2.23. The van der Waals surface area contributed by atoms with E-state index in [0.717, 1.165) is 12.8 Å². The van der Waals surface area contributed by atoms with Crippen LogP contribution in [-0.2, 0) is 11.3 Å². The number of rotatable bonds is 8. The van der Waals surface area contributed by atoms with Crippen LogP contribution in [0.1, 0.15) is 47.8 Å². The minimum atomic E-state index is -0.274. The molecule has 1 aromatic carbocycles. The summed E-state index contributed by atoms with van der Waals surface area (Å²) in [5.41, 5.74) is 0.964. The lowest BCUT2D eigenvalue weighted by Crippen LogP contribution is -2.31. The number of anilines is 1. The van der Waals surface area contributed by atoms with Gasteiger partial charge < -0.3 is 14.6 Å². The van der Waals surface area contributed by atoms with E-state index >= 15 is 0 Å². The van der Waals surface area contributed by atoms with Crippen molar-refractivity contribution in [3.05, 3.63) is 54.0 Å². The van der Waals surface area contributed by atoms with Crippen molar-refractivity contribution < 1.29 is 14.0 Å². The Bertz CT molecular complexity index is 1030. The lowest BCUT2D eigenvalue weighted by Gasteiger charge is -2.20. The second-order valence-corrected chi connectivity index (χ2v) is 8.31. The zero-order chi connectivity index (χ0) is 21.6. The monoisotopic (exact) mass is 440 g/mol. The summed E-state index contributed by atoms with van der Waals surface area (Å²) in [7, 11) is 1.67. The molecule has 1 aliphatic carbocycles. The minimum Gasteiger partial charge on any atom is -0.467 e. The average molecular weight is 441 g/mol. The van der Waals surface area contributed by atoms with Crippen molar-refractivity contribution >= 4 is 29.3 Å². The largest absolute Gasteiger partial charge is 0.467 e. The molecule has 10 heteroatoms. The van der Waals surface area contributed by atoms with Gasteiger partial charge in [-0.1, -0.05) is 36.7 Å². The zero-order valence-electron chi connectivity index (χ0n) is 17.2. The van der Waals surface area contributed by atoms with Gasteiger partial charge in [-0.25, -0.2) is 4.68 Å². The first-order valence-corrected chi connectivity index (χ1v) is 11.2. The minimum absolute atomic E-state index is 0.141. The van der Waals surface area contributed by atoms with Crippen LogP contribution in [0.15, 0.2) is 52.2 Å². The Kier molecular flexibility index (Phi) is 6.66. The highest BCUT2D eigenvalue weighted by Crippen LogP contribution is 2.31. The Morgan fingerprint density at radius 2 is 2.03 bits per heavy atom. The van der Waals surface area contributed by atoms with E-state index in [1.54, 1.807) is 49.7 Å². The molecule has 162 valence electrons. The number of nitrogens with zero attached hydrogens (tertiary/aromatic N) is 5. The number of furan rings is 1. The van der Waals surface area contributed by atoms with Crippen molar-refractivity contribution in [1.29, 1.82) is 0 Å². The van der Waals surface area contributed by atoms with E-state index in [9.17, 15) is 9.59 Å². The van der Waals surface area contributed by atoms with E-state index in [4.69, 9.17) is 4.42 Å².